The zero-order valence-electron chi connectivity index (χ0n) is 4.96. The van der Waals surface area contributed by atoms with Crippen LogP contribution >= 0.6 is 0 Å². The molecule has 0 bridgehead atoms. The minimum absolute atomic E-state index is 0.420. The van der Waals surface area contributed by atoms with E-state index in [0.29, 0.717) is 6.61 Å². The average Bonchev–Trinajstić information content (AvgIpc) is 2.18. The topological polar surface area (TPSA) is 47.9 Å². The lowest BCUT2D eigenvalue weighted by atomic mass is 10.6. The zero-order valence-corrected chi connectivity index (χ0v) is 4.96. The van der Waals surface area contributed by atoms with Crippen molar-refractivity contribution in [3.8, 4) is 0 Å². The second-order valence-electron chi connectivity index (χ2n) is 1.45. The number of nitrogens with zero attached hydrogens (tertiary/aromatic N) is 1. The average molecular weight is 128 g/mol. The molecule has 1 aliphatic heterocycles. The van der Waals surface area contributed by atoms with E-state index in [4.69, 9.17) is 4.74 Å². The quantitative estimate of drug-likeness (QED) is 0.484. The Bertz CT molecular complexity index is 143. The minimum Gasteiger partial charge on any atom is -0.556 e. The zero-order chi connectivity index (χ0) is 6.69. The van der Waals surface area contributed by atoms with Crippen molar-refractivity contribution in [3.63, 3.8) is 0 Å². The molecule has 0 aliphatic carbocycles. The molecule has 0 radical (unpaired) electrons. The maximum absolute atomic E-state index is 10.5. The summed E-state index contributed by atoms with van der Waals surface area (Å²) >= 11 is 0. The summed E-state index contributed by atoms with van der Waals surface area (Å²) in [6.07, 6.45) is 1.22. The smallest absolute Gasteiger partial charge is 0.191 e. The molecule has 0 spiro atoms. The molecule has 0 saturated heterocycles. The Balaban J connectivity index is 2.37. The van der Waals surface area contributed by atoms with Crippen LogP contribution in [0.1, 0.15) is 6.92 Å². The summed E-state index contributed by atoms with van der Waals surface area (Å²) in [7, 11) is 0. The number of hydrogen-bond acceptors (Lipinski definition) is 3. The van der Waals surface area contributed by atoms with Gasteiger partial charge in [0.1, 0.15) is 0 Å². The van der Waals surface area contributed by atoms with E-state index >= 15 is 0 Å². The fourth-order valence-electron chi connectivity index (χ4n) is 0.479. The number of carbonyl (C=O) groups excluding carboxylic acids is 1. The maximum Gasteiger partial charge on any atom is 0.191 e. The van der Waals surface area contributed by atoms with Gasteiger partial charge in [0, 0.05) is 13.0 Å². The molecule has 1 heterocycles. The Hall–Kier alpha value is -0.900. The van der Waals surface area contributed by atoms with Crippen LogP contribution in [0.25, 0.3) is 0 Å². The van der Waals surface area contributed by atoms with Gasteiger partial charge in [-0.1, -0.05) is 0 Å². The van der Waals surface area contributed by atoms with E-state index in [9.17, 15) is 4.79 Å². The third kappa shape index (κ3) is 1.26. The third-order valence-corrected chi connectivity index (χ3v) is 0.835. The molecule has 0 aromatic heterocycles. The summed E-state index contributed by atoms with van der Waals surface area (Å²) in [5, 5.41) is 0. The van der Waals surface area contributed by atoms with Crippen molar-refractivity contribution >= 4 is 12.3 Å². The van der Waals surface area contributed by atoms with Crippen molar-refractivity contribution in [2.45, 2.75) is 13.2 Å². The van der Waals surface area contributed by atoms with Crippen LogP contribution in [0.4, 0.5) is 0 Å². The van der Waals surface area contributed by atoms with Crippen LogP contribution in [0.3, 0.4) is 0 Å². The molecule has 1 atom stereocenters. The normalized spacial score (nSPS) is 24.6. The first-order valence-corrected chi connectivity index (χ1v) is 2.61. The molecular weight excluding hydrogens is 122 g/mol. The van der Waals surface area contributed by atoms with Crippen LogP contribution in [0.5, 0.6) is 0 Å². The van der Waals surface area contributed by atoms with Gasteiger partial charge in [-0.25, -0.2) is 0 Å². The van der Waals surface area contributed by atoms with Gasteiger partial charge in [-0.3, -0.25) is 0 Å². The molecule has 0 fully saturated rings. The lowest BCUT2D eigenvalue weighted by Crippen LogP contribution is -2.19. The van der Waals surface area contributed by atoms with E-state index in [2.05, 4.69) is 16.1 Å². The Morgan fingerprint density at radius 2 is 2.78 bits per heavy atom. The molecule has 1 aliphatic rings. The molecule has 50 valence electrons. The van der Waals surface area contributed by atoms with Crippen molar-refractivity contribution < 1.29 is 14.3 Å². The Labute approximate surface area is 52.5 Å². The Morgan fingerprint density at radius 3 is 3.22 bits per heavy atom. The maximum atomic E-state index is 10.5. The minimum atomic E-state index is -0.838. The van der Waals surface area contributed by atoms with Gasteiger partial charge in [0.05, 0.1) is 0 Å². The van der Waals surface area contributed by atoms with Gasteiger partial charge in [0.2, 0.25) is 0 Å². The molecule has 4 nitrogen and oxygen atoms in total. The number of carbonyl (C=O) groups is 1. The van der Waals surface area contributed by atoms with Crippen LogP contribution in [-0.2, 0) is 14.3 Å². The highest BCUT2D eigenvalue weighted by molar-refractivity contribution is 5.90. The highest BCUT2D eigenvalue weighted by atomic mass is 16.7. The Morgan fingerprint density at radius 1 is 2.00 bits per heavy atom. The van der Waals surface area contributed by atoms with Gasteiger partial charge in [-0.05, 0) is 6.92 Å². The molecule has 1 unspecified atom stereocenters. The fraction of sp³-hybridized carbons (Fsp3) is 0.600. The molecule has 1 rings (SSSR count). The van der Waals surface area contributed by atoms with Crippen LogP contribution < -0.4 is 0 Å². The van der Waals surface area contributed by atoms with Crippen molar-refractivity contribution in [2.24, 2.45) is 4.99 Å². The van der Waals surface area contributed by atoms with Gasteiger partial charge in [-0.2, -0.15) is 0 Å². The predicted octanol–water partition coefficient (Wildman–Crippen LogP) is -0.189. The van der Waals surface area contributed by atoms with E-state index in [-0.39, 0.29) is 0 Å². The van der Waals surface area contributed by atoms with Crippen LogP contribution in [0.2, 0.25) is 0 Å². The molecule has 4 heteroatoms. The van der Waals surface area contributed by atoms with E-state index in [0.717, 1.165) is 0 Å². The highest BCUT2D eigenvalue weighted by Crippen LogP contribution is 2.01. The Kier molecular flexibility index (Phi) is 1.79. The largest absolute Gasteiger partial charge is 0.556 e. The number of hydrogen-bond donors (Lipinski definition) is 0. The second kappa shape index (κ2) is 2.59. The second-order valence-corrected chi connectivity index (χ2v) is 1.45. The van der Waals surface area contributed by atoms with Crippen LogP contribution in [-0.4, -0.2) is 25.2 Å². The van der Waals surface area contributed by atoms with Crippen molar-refractivity contribution in [1.29, 1.82) is 0 Å². The first-order chi connectivity index (χ1) is 4.34. The number of rotatable bonds is 2. The summed E-state index contributed by atoms with van der Waals surface area (Å²) in [5.74, 6) is -0.420. The molecule has 0 aromatic rings. The van der Waals surface area contributed by atoms with E-state index in [1.54, 1.807) is 6.92 Å². The van der Waals surface area contributed by atoms with Gasteiger partial charge >= 0.3 is 0 Å². The summed E-state index contributed by atoms with van der Waals surface area (Å²) in [6, 6.07) is 0. The lowest BCUT2D eigenvalue weighted by molar-refractivity contribution is -0.144. The first kappa shape index (κ1) is 6.22. The van der Waals surface area contributed by atoms with Crippen LogP contribution in [0.15, 0.2) is 4.99 Å². The van der Waals surface area contributed by atoms with Crippen LogP contribution in [0, 0.1) is 0 Å². The number of amides is 1. The van der Waals surface area contributed by atoms with Gasteiger partial charge in [0.25, 0.3) is 0 Å². The number of aliphatic imine (C=N–C) groups is 1. The predicted molar refractivity (Wildman–Crippen MR) is 28.9 cm³/mol. The monoisotopic (exact) mass is 128 g/mol. The molecule has 0 saturated carbocycles. The van der Waals surface area contributed by atoms with E-state index in [1.807, 2.05) is 0 Å². The van der Waals surface area contributed by atoms with E-state index < -0.39 is 12.2 Å². The van der Waals surface area contributed by atoms with Gasteiger partial charge < -0.3 is 19.3 Å². The molecular formula is C5H6NO3-. The molecule has 9 heavy (non-hydrogen) atoms. The number of ether oxygens (including phenoxy) is 2. The fourth-order valence-corrected chi connectivity index (χ4v) is 0.479. The highest BCUT2D eigenvalue weighted by Gasteiger charge is 2.11. The standard InChI is InChI=1S/C5H6NO3/c1-2-8-5-4(7)6-3-9-5/h5H,2H2,1H3/q-1. The summed E-state index contributed by atoms with van der Waals surface area (Å²) in [4.78, 5) is 13.7. The van der Waals surface area contributed by atoms with Crippen molar-refractivity contribution in [3.05, 3.63) is 0 Å². The first-order valence-electron chi connectivity index (χ1n) is 2.61. The molecule has 0 aromatic carbocycles. The SMILES string of the molecule is CCOC1O[C-]=NC1=O. The van der Waals surface area contributed by atoms with Crippen molar-refractivity contribution in [1.82, 2.24) is 0 Å². The summed E-state index contributed by atoms with van der Waals surface area (Å²) in [5.41, 5.74) is 0. The van der Waals surface area contributed by atoms with E-state index in [1.165, 1.54) is 0 Å². The molecule has 1 amide bonds. The van der Waals surface area contributed by atoms with Crippen molar-refractivity contribution in [2.75, 3.05) is 6.61 Å². The van der Waals surface area contributed by atoms with Gasteiger partial charge in [0.15, 0.2) is 12.2 Å². The summed E-state index contributed by atoms with van der Waals surface area (Å²) in [6.45, 7) is 2.21. The lowest BCUT2D eigenvalue weighted by Gasteiger charge is -2.12. The molecule has 0 N–H and O–H groups in total. The van der Waals surface area contributed by atoms with Gasteiger partial charge in [-0.15, -0.1) is 0 Å². The third-order valence-electron chi connectivity index (χ3n) is 0.835. The summed E-state index contributed by atoms with van der Waals surface area (Å²) < 4.78 is 9.30.